The van der Waals surface area contributed by atoms with E-state index in [0.717, 1.165) is 16.7 Å². The van der Waals surface area contributed by atoms with Gasteiger partial charge in [0.2, 0.25) is 11.8 Å². The third-order valence-electron chi connectivity index (χ3n) is 5.14. The molecule has 172 valence electrons. The first-order valence-corrected chi connectivity index (χ1v) is 10.9. The molecule has 34 heavy (non-hydrogen) atoms. The van der Waals surface area contributed by atoms with Crippen LogP contribution in [-0.4, -0.2) is 28.0 Å². The number of nitrogens with zero attached hydrogens (tertiary/aromatic N) is 3. The molecule has 0 radical (unpaired) electrons. The van der Waals surface area contributed by atoms with Crippen molar-refractivity contribution < 1.29 is 9.53 Å². The van der Waals surface area contributed by atoms with Crippen molar-refractivity contribution in [1.82, 2.24) is 20.3 Å². The summed E-state index contributed by atoms with van der Waals surface area (Å²) in [7, 11) is 1.77. The fourth-order valence-electron chi connectivity index (χ4n) is 3.31. The molecular weight excluding hydrogens is 428 g/mol. The third kappa shape index (κ3) is 5.66. The highest BCUT2D eigenvalue weighted by atomic mass is 16.5. The lowest BCUT2D eigenvalue weighted by Gasteiger charge is -2.13. The molecule has 2 aromatic heterocycles. The summed E-state index contributed by atoms with van der Waals surface area (Å²) in [4.78, 5) is 25.3. The summed E-state index contributed by atoms with van der Waals surface area (Å²) in [5, 5.41) is 8.66. The minimum Gasteiger partial charge on any atom is -0.438 e. The van der Waals surface area contributed by atoms with Gasteiger partial charge in [0.25, 0.3) is 0 Å². The second-order valence-corrected chi connectivity index (χ2v) is 7.75. The average molecular weight is 455 g/mol. The van der Waals surface area contributed by atoms with Gasteiger partial charge in [0.1, 0.15) is 5.75 Å². The molecule has 0 saturated heterocycles. The van der Waals surface area contributed by atoms with Crippen LogP contribution < -0.4 is 20.7 Å². The van der Waals surface area contributed by atoms with Crippen LogP contribution in [0.3, 0.4) is 0 Å². The fraction of sp³-hybridized carbons (Fsp3) is 0.154. The van der Waals surface area contributed by atoms with Crippen LogP contribution in [0.2, 0.25) is 0 Å². The Morgan fingerprint density at radius 1 is 0.971 bits per heavy atom. The molecule has 0 aliphatic heterocycles. The zero-order valence-electron chi connectivity index (χ0n) is 19.3. The minimum absolute atomic E-state index is 0.273. The number of anilines is 2. The van der Waals surface area contributed by atoms with Gasteiger partial charge in [-0.3, -0.25) is 0 Å². The Bertz CT molecular complexity index is 1290. The average Bonchev–Trinajstić information content (AvgIpc) is 2.86. The van der Waals surface area contributed by atoms with Gasteiger partial charge >= 0.3 is 6.03 Å². The van der Waals surface area contributed by atoms with E-state index in [1.54, 1.807) is 31.6 Å². The number of carbonyl (C=O) groups excluding carboxylic acids is 1. The van der Waals surface area contributed by atoms with Crippen LogP contribution in [0.15, 0.2) is 73.1 Å². The molecule has 2 aromatic carbocycles. The van der Waals surface area contributed by atoms with Crippen LogP contribution in [0.25, 0.3) is 11.3 Å². The normalized spacial score (nSPS) is 10.4. The Labute approximate surface area is 198 Å². The van der Waals surface area contributed by atoms with Crippen LogP contribution in [0.1, 0.15) is 16.7 Å². The predicted molar refractivity (Wildman–Crippen MR) is 133 cm³/mol. The molecule has 0 spiro atoms. The number of amides is 2. The molecule has 0 aliphatic rings. The Hall–Kier alpha value is -4.46. The number of aromatic nitrogens is 3. The largest absolute Gasteiger partial charge is 0.438 e. The number of aryl methyl sites for hydroxylation is 2. The summed E-state index contributed by atoms with van der Waals surface area (Å²) < 4.78 is 6.12. The number of hydrogen-bond donors (Lipinski definition) is 3. The molecule has 4 aromatic rings. The van der Waals surface area contributed by atoms with Crippen molar-refractivity contribution >= 4 is 17.7 Å². The molecule has 4 rings (SSSR count). The zero-order chi connectivity index (χ0) is 23.9. The molecule has 0 atom stereocenters. The first-order chi connectivity index (χ1) is 16.5. The number of pyridine rings is 1. The molecule has 2 amide bonds. The smallest absolute Gasteiger partial charge is 0.319 e. The number of ether oxygens (including phenoxy) is 1. The number of benzene rings is 2. The summed E-state index contributed by atoms with van der Waals surface area (Å²) >= 11 is 0. The van der Waals surface area contributed by atoms with Crippen LogP contribution in [0.5, 0.6) is 11.6 Å². The quantitative estimate of drug-likeness (QED) is 0.350. The summed E-state index contributed by atoms with van der Waals surface area (Å²) in [6.07, 6.45) is 3.35. The molecule has 0 fully saturated rings. The third-order valence-corrected chi connectivity index (χ3v) is 5.14. The summed E-state index contributed by atoms with van der Waals surface area (Å²) in [5.41, 5.74) is 5.19. The van der Waals surface area contributed by atoms with Gasteiger partial charge in [0, 0.05) is 31.7 Å². The van der Waals surface area contributed by atoms with Crippen molar-refractivity contribution in [3.63, 3.8) is 0 Å². The van der Waals surface area contributed by atoms with E-state index >= 15 is 0 Å². The fourth-order valence-corrected chi connectivity index (χ4v) is 3.31. The molecular formula is C26H26N6O2. The molecule has 0 unspecified atom stereocenters. The van der Waals surface area contributed by atoms with Gasteiger partial charge in [-0.05, 0) is 61.4 Å². The number of hydrogen-bond acceptors (Lipinski definition) is 6. The molecule has 0 aliphatic carbocycles. The molecule has 8 nitrogen and oxygen atoms in total. The lowest BCUT2D eigenvalue weighted by molar-refractivity contribution is 0.251. The van der Waals surface area contributed by atoms with Crippen molar-refractivity contribution in [1.29, 1.82) is 0 Å². The van der Waals surface area contributed by atoms with Gasteiger partial charge < -0.3 is 20.7 Å². The number of urea groups is 1. The first kappa shape index (κ1) is 22.7. The van der Waals surface area contributed by atoms with E-state index in [4.69, 9.17) is 4.74 Å². The topological polar surface area (TPSA) is 101 Å². The van der Waals surface area contributed by atoms with E-state index in [1.165, 1.54) is 5.56 Å². The summed E-state index contributed by atoms with van der Waals surface area (Å²) in [6.45, 7) is 4.40. The van der Waals surface area contributed by atoms with E-state index in [2.05, 4.69) is 30.9 Å². The lowest BCUT2D eigenvalue weighted by Crippen LogP contribution is -2.28. The Morgan fingerprint density at radius 3 is 2.56 bits per heavy atom. The van der Waals surface area contributed by atoms with Crippen LogP contribution in [0.4, 0.5) is 16.4 Å². The summed E-state index contributed by atoms with van der Waals surface area (Å²) in [6, 6.07) is 18.8. The van der Waals surface area contributed by atoms with Gasteiger partial charge in [-0.15, -0.1) is 0 Å². The maximum absolute atomic E-state index is 12.3. The van der Waals surface area contributed by atoms with E-state index in [0.29, 0.717) is 35.5 Å². The highest BCUT2D eigenvalue weighted by molar-refractivity contribution is 5.89. The Morgan fingerprint density at radius 2 is 1.79 bits per heavy atom. The van der Waals surface area contributed by atoms with E-state index < -0.39 is 0 Å². The second kappa shape index (κ2) is 10.4. The SMILES string of the molecule is CNc1nccc(-c2cccnc2Oc2ccc(NC(=O)NCc3ccc(C)cc3)cc2C)n1. The number of carbonyl (C=O) groups is 1. The monoisotopic (exact) mass is 454 g/mol. The molecule has 0 bridgehead atoms. The number of rotatable bonds is 7. The zero-order valence-corrected chi connectivity index (χ0v) is 19.3. The van der Waals surface area contributed by atoms with Gasteiger partial charge in [-0.2, -0.15) is 0 Å². The van der Waals surface area contributed by atoms with E-state index in [-0.39, 0.29) is 6.03 Å². The van der Waals surface area contributed by atoms with E-state index in [9.17, 15) is 4.79 Å². The van der Waals surface area contributed by atoms with Gasteiger partial charge in [0.05, 0.1) is 11.3 Å². The minimum atomic E-state index is -0.273. The molecule has 0 saturated carbocycles. The predicted octanol–water partition coefficient (Wildman–Crippen LogP) is 5.31. The van der Waals surface area contributed by atoms with Crippen molar-refractivity contribution in [3.8, 4) is 22.9 Å². The van der Waals surface area contributed by atoms with Crippen LogP contribution in [0, 0.1) is 13.8 Å². The highest BCUT2D eigenvalue weighted by Crippen LogP contribution is 2.32. The second-order valence-electron chi connectivity index (χ2n) is 7.75. The van der Waals surface area contributed by atoms with Crippen molar-refractivity contribution in [3.05, 3.63) is 89.7 Å². The van der Waals surface area contributed by atoms with Crippen molar-refractivity contribution in [2.24, 2.45) is 0 Å². The molecule has 8 heteroatoms. The molecule has 2 heterocycles. The Balaban J connectivity index is 1.44. The van der Waals surface area contributed by atoms with Gasteiger partial charge in [0.15, 0.2) is 0 Å². The highest BCUT2D eigenvalue weighted by Gasteiger charge is 2.13. The lowest BCUT2D eigenvalue weighted by atomic mass is 10.1. The maximum Gasteiger partial charge on any atom is 0.319 e. The maximum atomic E-state index is 12.3. The van der Waals surface area contributed by atoms with Gasteiger partial charge in [-0.25, -0.2) is 19.7 Å². The first-order valence-electron chi connectivity index (χ1n) is 10.9. The van der Waals surface area contributed by atoms with Gasteiger partial charge in [-0.1, -0.05) is 29.8 Å². The van der Waals surface area contributed by atoms with E-state index in [1.807, 2.05) is 62.4 Å². The van der Waals surface area contributed by atoms with Crippen molar-refractivity contribution in [2.75, 3.05) is 17.7 Å². The summed E-state index contributed by atoms with van der Waals surface area (Å²) in [5.74, 6) is 1.58. The van der Waals surface area contributed by atoms with Crippen LogP contribution in [-0.2, 0) is 6.54 Å². The standard InChI is InChI=1S/C26H26N6O2/c1-17-6-8-19(9-7-17)16-30-26(33)31-20-10-11-23(18(2)15-20)34-24-21(5-4-13-28-24)22-12-14-29-25(27-3)32-22/h4-15H,16H2,1-3H3,(H,27,29,32)(H2,30,31,33). The molecule has 3 N–H and O–H groups in total. The van der Waals surface area contributed by atoms with Crippen molar-refractivity contribution in [2.45, 2.75) is 20.4 Å². The number of nitrogens with one attached hydrogen (secondary N) is 3. The van der Waals surface area contributed by atoms with Crippen LogP contribution >= 0.6 is 0 Å². The Kier molecular flexibility index (Phi) is 6.98.